The molecule has 0 spiro atoms. The van der Waals surface area contributed by atoms with Gasteiger partial charge in [0.15, 0.2) is 17.5 Å². The SMILES string of the molecule is CS(=O)(=O)CCCC(O)c1cc(F)c(F)c(F)c1. The highest BCUT2D eigenvalue weighted by Crippen LogP contribution is 2.22. The number of halogens is 3. The maximum Gasteiger partial charge on any atom is 0.194 e. The zero-order valence-electron chi connectivity index (χ0n) is 9.66. The lowest BCUT2D eigenvalue weighted by Crippen LogP contribution is -2.06. The molecule has 3 nitrogen and oxygen atoms in total. The number of sulfone groups is 1. The van der Waals surface area contributed by atoms with Crippen molar-refractivity contribution in [1.82, 2.24) is 0 Å². The molecule has 0 aliphatic heterocycles. The van der Waals surface area contributed by atoms with Crippen LogP contribution in [0.1, 0.15) is 24.5 Å². The first-order valence-electron chi connectivity index (χ1n) is 5.21. The molecule has 0 aliphatic carbocycles. The van der Waals surface area contributed by atoms with Crippen LogP contribution in [0.15, 0.2) is 12.1 Å². The summed E-state index contributed by atoms with van der Waals surface area (Å²) in [5.74, 6) is -4.49. The molecule has 0 aromatic heterocycles. The van der Waals surface area contributed by atoms with E-state index in [1.54, 1.807) is 0 Å². The molecule has 1 aromatic carbocycles. The number of aliphatic hydroxyl groups excluding tert-OH is 1. The Morgan fingerprint density at radius 3 is 2.17 bits per heavy atom. The van der Waals surface area contributed by atoms with Crippen LogP contribution in [0.5, 0.6) is 0 Å². The third kappa shape index (κ3) is 4.30. The van der Waals surface area contributed by atoms with E-state index in [0.29, 0.717) is 12.1 Å². The number of hydrogen-bond donors (Lipinski definition) is 1. The van der Waals surface area contributed by atoms with Crippen molar-refractivity contribution in [1.29, 1.82) is 0 Å². The molecular formula is C11H13F3O3S. The average molecular weight is 282 g/mol. The van der Waals surface area contributed by atoms with Gasteiger partial charge in [0.25, 0.3) is 0 Å². The second kappa shape index (κ2) is 5.71. The Morgan fingerprint density at radius 2 is 1.72 bits per heavy atom. The third-order valence-corrected chi connectivity index (χ3v) is 3.41. The minimum Gasteiger partial charge on any atom is -0.388 e. The quantitative estimate of drug-likeness (QED) is 0.840. The molecule has 0 saturated heterocycles. The van der Waals surface area contributed by atoms with E-state index < -0.39 is 33.4 Å². The Bertz CT molecular complexity index is 505. The molecule has 0 amide bonds. The maximum atomic E-state index is 12.9. The minimum atomic E-state index is -3.14. The Morgan fingerprint density at radius 1 is 1.22 bits per heavy atom. The Hall–Kier alpha value is -1.08. The fourth-order valence-electron chi connectivity index (χ4n) is 1.47. The van der Waals surface area contributed by atoms with E-state index in [1.165, 1.54) is 0 Å². The fraction of sp³-hybridized carbons (Fsp3) is 0.455. The van der Waals surface area contributed by atoms with E-state index in [4.69, 9.17) is 0 Å². The lowest BCUT2D eigenvalue weighted by atomic mass is 10.0. The lowest BCUT2D eigenvalue weighted by Gasteiger charge is -2.11. The van der Waals surface area contributed by atoms with E-state index in [1.807, 2.05) is 0 Å². The van der Waals surface area contributed by atoms with Gasteiger partial charge in [-0.2, -0.15) is 0 Å². The molecule has 7 heteroatoms. The molecule has 1 atom stereocenters. The number of aliphatic hydroxyl groups is 1. The molecule has 18 heavy (non-hydrogen) atoms. The van der Waals surface area contributed by atoms with E-state index >= 15 is 0 Å². The molecule has 102 valence electrons. The summed E-state index contributed by atoms with van der Waals surface area (Å²) >= 11 is 0. The summed E-state index contributed by atoms with van der Waals surface area (Å²) in [5.41, 5.74) is -0.111. The lowest BCUT2D eigenvalue weighted by molar-refractivity contribution is 0.165. The van der Waals surface area contributed by atoms with Crippen molar-refractivity contribution in [3.8, 4) is 0 Å². The first-order chi connectivity index (χ1) is 8.20. The molecule has 1 unspecified atom stereocenters. The molecule has 1 aromatic rings. The van der Waals surface area contributed by atoms with Crippen LogP contribution in [-0.2, 0) is 9.84 Å². The summed E-state index contributed by atoms with van der Waals surface area (Å²) in [6.45, 7) is 0. The first-order valence-corrected chi connectivity index (χ1v) is 7.27. The predicted octanol–water partition coefficient (Wildman–Crippen LogP) is 1.96. The molecule has 0 saturated carbocycles. The monoisotopic (exact) mass is 282 g/mol. The molecule has 0 radical (unpaired) electrons. The van der Waals surface area contributed by atoms with E-state index in [9.17, 15) is 26.7 Å². The van der Waals surface area contributed by atoms with Gasteiger partial charge in [0, 0.05) is 12.0 Å². The van der Waals surface area contributed by atoms with Crippen LogP contribution in [0.4, 0.5) is 13.2 Å². The van der Waals surface area contributed by atoms with Crippen LogP contribution >= 0.6 is 0 Å². The zero-order valence-corrected chi connectivity index (χ0v) is 10.5. The fourth-order valence-corrected chi connectivity index (χ4v) is 2.16. The van der Waals surface area contributed by atoms with Gasteiger partial charge in [0.2, 0.25) is 0 Å². The predicted molar refractivity (Wildman–Crippen MR) is 60.2 cm³/mol. The summed E-state index contributed by atoms with van der Waals surface area (Å²) in [4.78, 5) is 0. The van der Waals surface area contributed by atoms with Gasteiger partial charge in [0.1, 0.15) is 9.84 Å². The molecule has 0 aliphatic rings. The normalized spacial score (nSPS) is 13.6. The van der Waals surface area contributed by atoms with E-state index in [0.717, 1.165) is 6.26 Å². The highest BCUT2D eigenvalue weighted by molar-refractivity contribution is 7.90. The third-order valence-electron chi connectivity index (χ3n) is 2.38. The molecular weight excluding hydrogens is 269 g/mol. The van der Waals surface area contributed by atoms with Gasteiger partial charge in [-0.25, -0.2) is 21.6 Å². The Balaban J connectivity index is 2.70. The van der Waals surface area contributed by atoms with Crippen LogP contribution < -0.4 is 0 Å². The molecule has 0 bridgehead atoms. The van der Waals surface area contributed by atoms with Crippen LogP contribution in [0.2, 0.25) is 0 Å². The Kier molecular flexibility index (Phi) is 4.75. The maximum absolute atomic E-state index is 12.9. The van der Waals surface area contributed by atoms with Crippen molar-refractivity contribution in [2.45, 2.75) is 18.9 Å². The molecule has 0 heterocycles. The topological polar surface area (TPSA) is 54.4 Å². The highest BCUT2D eigenvalue weighted by atomic mass is 32.2. The Labute approximate surface area is 103 Å². The first kappa shape index (κ1) is 15.0. The van der Waals surface area contributed by atoms with Crippen LogP contribution in [0.25, 0.3) is 0 Å². The number of rotatable bonds is 5. The van der Waals surface area contributed by atoms with Gasteiger partial charge in [0.05, 0.1) is 6.10 Å². The summed E-state index contributed by atoms with van der Waals surface area (Å²) in [6, 6.07) is 1.40. The summed E-state index contributed by atoms with van der Waals surface area (Å²) in [7, 11) is -3.14. The summed E-state index contributed by atoms with van der Waals surface area (Å²) in [5, 5.41) is 9.61. The standard InChI is InChI=1S/C11H13F3O3S/c1-18(16,17)4-2-3-10(15)7-5-8(12)11(14)9(13)6-7/h5-6,10,15H,2-4H2,1H3. The second-order valence-corrected chi connectivity index (χ2v) is 6.35. The molecule has 1 rings (SSSR count). The van der Waals surface area contributed by atoms with Gasteiger partial charge >= 0.3 is 0 Å². The van der Waals surface area contributed by atoms with Crippen molar-refractivity contribution in [3.63, 3.8) is 0 Å². The molecule has 0 fully saturated rings. The van der Waals surface area contributed by atoms with Gasteiger partial charge in [-0.05, 0) is 30.5 Å². The van der Waals surface area contributed by atoms with Crippen molar-refractivity contribution in [2.75, 3.05) is 12.0 Å². The van der Waals surface area contributed by atoms with Crippen LogP contribution in [0, 0.1) is 17.5 Å². The molecule has 1 N–H and O–H groups in total. The summed E-state index contributed by atoms with van der Waals surface area (Å²) < 4.78 is 60.2. The van der Waals surface area contributed by atoms with Crippen LogP contribution in [0.3, 0.4) is 0 Å². The number of benzene rings is 1. The van der Waals surface area contributed by atoms with Crippen molar-refractivity contribution in [3.05, 3.63) is 35.1 Å². The van der Waals surface area contributed by atoms with E-state index in [-0.39, 0.29) is 24.2 Å². The summed E-state index contributed by atoms with van der Waals surface area (Å²) in [6.07, 6.45) is 0.00536. The second-order valence-electron chi connectivity index (χ2n) is 4.09. The van der Waals surface area contributed by atoms with Crippen molar-refractivity contribution < 1.29 is 26.7 Å². The van der Waals surface area contributed by atoms with Gasteiger partial charge in [-0.1, -0.05) is 0 Å². The number of hydrogen-bond acceptors (Lipinski definition) is 3. The zero-order chi connectivity index (χ0) is 13.9. The average Bonchev–Trinajstić information content (AvgIpc) is 2.23. The van der Waals surface area contributed by atoms with E-state index in [2.05, 4.69) is 0 Å². The van der Waals surface area contributed by atoms with Gasteiger partial charge in [-0.3, -0.25) is 0 Å². The van der Waals surface area contributed by atoms with Crippen LogP contribution in [-0.4, -0.2) is 25.5 Å². The highest BCUT2D eigenvalue weighted by Gasteiger charge is 2.16. The van der Waals surface area contributed by atoms with Gasteiger partial charge < -0.3 is 5.11 Å². The van der Waals surface area contributed by atoms with Gasteiger partial charge in [-0.15, -0.1) is 0 Å². The van der Waals surface area contributed by atoms with Crippen molar-refractivity contribution >= 4 is 9.84 Å². The largest absolute Gasteiger partial charge is 0.388 e. The smallest absolute Gasteiger partial charge is 0.194 e. The van der Waals surface area contributed by atoms with Crippen molar-refractivity contribution in [2.24, 2.45) is 0 Å². The minimum absolute atomic E-state index is 0.0254.